The normalized spacial score (nSPS) is 14.5. The van der Waals surface area contributed by atoms with E-state index in [1.165, 1.54) is 5.56 Å². The quantitative estimate of drug-likeness (QED) is 0.907. The largest absolute Gasteiger partial charge is 0.481 e. The standard InChI is InChI=1S/C15H21NO3/c1-10(2)16-13-6-4-3-5-11(13)9-12(15(16)19)7-8-14(17)18/h9-10H,3-8H2,1-2H3,(H,17,18). The van der Waals surface area contributed by atoms with Gasteiger partial charge in [0.2, 0.25) is 0 Å². The van der Waals surface area contributed by atoms with Gasteiger partial charge in [-0.2, -0.15) is 0 Å². The average molecular weight is 263 g/mol. The summed E-state index contributed by atoms with van der Waals surface area (Å²) in [5.41, 5.74) is 3.04. The van der Waals surface area contributed by atoms with E-state index in [2.05, 4.69) is 0 Å². The topological polar surface area (TPSA) is 59.3 Å². The van der Waals surface area contributed by atoms with E-state index in [4.69, 9.17) is 5.11 Å². The number of aromatic nitrogens is 1. The fourth-order valence-electron chi connectivity index (χ4n) is 2.86. The molecule has 0 saturated carbocycles. The predicted octanol–water partition coefficient (Wildman–Crippen LogP) is 2.33. The molecule has 2 rings (SSSR count). The van der Waals surface area contributed by atoms with Crippen LogP contribution in [-0.2, 0) is 24.1 Å². The minimum atomic E-state index is -0.854. The number of fused-ring (bicyclic) bond motifs is 1. The fraction of sp³-hybridized carbons (Fsp3) is 0.600. The van der Waals surface area contributed by atoms with Crippen molar-refractivity contribution >= 4 is 5.97 Å². The lowest BCUT2D eigenvalue weighted by Gasteiger charge is -2.24. The van der Waals surface area contributed by atoms with Crippen LogP contribution in [0.5, 0.6) is 0 Å². The first-order chi connectivity index (χ1) is 9.00. The zero-order valence-corrected chi connectivity index (χ0v) is 11.6. The molecule has 0 bridgehead atoms. The zero-order chi connectivity index (χ0) is 14.0. The van der Waals surface area contributed by atoms with Gasteiger partial charge in [-0.05, 0) is 57.6 Å². The van der Waals surface area contributed by atoms with Crippen LogP contribution in [0.3, 0.4) is 0 Å². The van der Waals surface area contributed by atoms with E-state index in [9.17, 15) is 9.59 Å². The van der Waals surface area contributed by atoms with Gasteiger partial charge < -0.3 is 9.67 Å². The second-order valence-corrected chi connectivity index (χ2v) is 5.51. The minimum Gasteiger partial charge on any atom is -0.481 e. The maximum Gasteiger partial charge on any atom is 0.303 e. The van der Waals surface area contributed by atoms with Crippen molar-refractivity contribution in [3.8, 4) is 0 Å². The van der Waals surface area contributed by atoms with Gasteiger partial charge in [0.15, 0.2) is 0 Å². The molecule has 0 amide bonds. The highest BCUT2D eigenvalue weighted by atomic mass is 16.4. The van der Waals surface area contributed by atoms with Crippen LogP contribution in [0.4, 0.5) is 0 Å². The number of hydrogen-bond acceptors (Lipinski definition) is 2. The Hall–Kier alpha value is -1.58. The molecular weight excluding hydrogens is 242 g/mol. The van der Waals surface area contributed by atoms with Crippen molar-refractivity contribution in [2.24, 2.45) is 0 Å². The van der Waals surface area contributed by atoms with Crippen LogP contribution in [0.1, 0.15) is 56.0 Å². The minimum absolute atomic E-state index is 0.00287. The highest BCUT2D eigenvalue weighted by Crippen LogP contribution is 2.23. The molecule has 0 unspecified atom stereocenters. The number of pyridine rings is 1. The Morgan fingerprint density at radius 1 is 1.37 bits per heavy atom. The lowest BCUT2D eigenvalue weighted by Crippen LogP contribution is -2.31. The zero-order valence-electron chi connectivity index (χ0n) is 11.6. The Balaban J connectivity index is 2.48. The Kier molecular flexibility index (Phi) is 4.08. The molecule has 104 valence electrons. The molecule has 0 radical (unpaired) electrons. The van der Waals surface area contributed by atoms with Gasteiger partial charge in [0.05, 0.1) is 0 Å². The van der Waals surface area contributed by atoms with E-state index in [1.54, 1.807) is 0 Å². The molecule has 1 aromatic heterocycles. The molecule has 19 heavy (non-hydrogen) atoms. The molecule has 4 nitrogen and oxygen atoms in total. The number of carbonyl (C=O) groups is 1. The Morgan fingerprint density at radius 2 is 2.05 bits per heavy atom. The van der Waals surface area contributed by atoms with Crippen molar-refractivity contribution < 1.29 is 9.90 Å². The van der Waals surface area contributed by atoms with E-state index in [1.807, 2.05) is 24.5 Å². The summed E-state index contributed by atoms with van der Waals surface area (Å²) in [6.45, 7) is 4.02. The number of aliphatic carboxylic acids is 1. The molecule has 0 spiro atoms. The van der Waals surface area contributed by atoms with Crippen LogP contribution in [0.2, 0.25) is 0 Å². The van der Waals surface area contributed by atoms with Gasteiger partial charge >= 0.3 is 5.97 Å². The first kappa shape index (κ1) is 13.8. The van der Waals surface area contributed by atoms with Gasteiger partial charge in [-0.25, -0.2) is 0 Å². The molecule has 0 saturated heterocycles. The van der Waals surface area contributed by atoms with Gasteiger partial charge in [0.25, 0.3) is 5.56 Å². The van der Waals surface area contributed by atoms with Crippen molar-refractivity contribution in [3.05, 3.63) is 33.2 Å². The van der Waals surface area contributed by atoms with Crippen LogP contribution in [0, 0.1) is 0 Å². The molecule has 0 fully saturated rings. The molecule has 1 N–H and O–H groups in total. The van der Waals surface area contributed by atoms with E-state index < -0.39 is 5.97 Å². The lowest BCUT2D eigenvalue weighted by atomic mass is 9.93. The predicted molar refractivity (Wildman–Crippen MR) is 73.7 cm³/mol. The van der Waals surface area contributed by atoms with Crippen molar-refractivity contribution in [1.29, 1.82) is 0 Å². The first-order valence-corrected chi connectivity index (χ1v) is 6.98. The van der Waals surface area contributed by atoms with Gasteiger partial charge in [0.1, 0.15) is 0 Å². The molecule has 0 atom stereocenters. The third-order valence-electron chi connectivity index (χ3n) is 3.74. The summed E-state index contributed by atoms with van der Waals surface area (Å²) < 4.78 is 1.87. The van der Waals surface area contributed by atoms with Crippen molar-refractivity contribution in [3.63, 3.8) is 0 Å². The second-order valence-electron chi connectivity index (χ2n) is 5.51. The molecule has 4 heteroatoms. The van der Waals surface area contributed by atoms with Gasteiger partial charge in [-0.15, -0.1) is 0 Å². The molecule has 0 aliphatic heterocycles. The summed E-state index contributed by atoms with van der Waals surface area (Å²) in [4.78, 5) is 23.1. The Bertz CT molecular complexity index is 543. The van der Waals surface area contributed by atoms with Gasteiger partial charge in [-0.3, -0.25) is 9.59 Å². The third-order valence-corrected chi connectivity index (χ3v) is 3.74. The summed E-state index contributed by atoms with van der Waals surface area (Å²) in [6.07, 6.45) is 4.60. The van der Waals surface area contributed by atoms with Crippen LogP contribution < -0.4 is 5.56 Å². The second kappa shape index (κ2) is 5.59. The van der Waals surface area contributed by atoms with Crippen LogP contribution >= 0.6 is 0 Å². The number of carboxylic acids is 1. The van der Waals surface area contributed by atoms with E-state index >= 15 is 0 Å². The summed E-state index contributed by atoms with van der Waals surface area (Å²) in [6, 6.07) is 2.07. The van der Waals surface area contributed by atoms with E-state index in [-0.39, 0.29) is 18.0 Å². The number of aryl methyl sites for hydroxylation is 2. The summed E-state index contributed by atoms with van der Waals surface area (Å²) in [7, 11) is 0. The van der Waals surface area contributed by atoms with Crippen LogP contribution in [-0.4, -0.2) is 15.6 Å². The summed E-state index contributed by atoms with van der Waals surface area (Å²) >= 11 is 0. The fourth-order valence-corrected chi connectivity index (χ4v) is 2.86. The molecule has 0 aromatic carbocycles. The van der Waals surface area contributed by atoms with Gasteiger partial charge in [0, 0.05) is 23.7 Å². The highest BCUT2D eigenvalue weighted by molar-refractivity contribution is 5.67. The van der Waals surface area contributed by atoms with E-state index in [0.29, 0.717) is 12.0 Å². The highest BCUT2D eigenvalue weighted by Gasteiger charge is 2.19. The summed E-state index contributed by atoms with van der Waals surface area (Å²) in [5.74, 6) is -0.854. The summed E-state index contributed by atoms with van der Waals surface area (Å²) in [5, 5.41) is 8.77. The number of nitrogens with zero attached hydrogens (tertiary/aromatic N) is 1. The SMILES string of the molecule is CC(C)n1c2c(cc(CCC(=O)O)c1=O)CCCC2. The van der Waals surface area contributed by atoms with Crippen LogP contribution in [0.25, 0.3) is 0 Å². The average Bonchev–Trinajstić information content (AvgIpc) is 2.35. The molecule has 1 heterocycles. The van der Waals surface area contributed by atoms with Gasteiger partial charge in [-0.1, -0.05) is 0 Å². The maximum atomic E-state index is 12.5. The number of hydrogen-bond donors (Lipinski definition) is 1. The van der Waals surface area contributed by atoms with Crippen molar-refractivity contribution in [1.82, 2.24) is 4.57 Å². The molecule has 1 aromatic rings. The smallest absolute Gasteiger partial charge is 0.303 e. The number of carboxylic acid groups (broad SMARTS) is 1. The molecular formula is C15H21NO3. The van der Waals surface area contributed by atoms with Crippen molar-refractivity contribution in [2.75, 3.05) is 0 Å². The van der Waals surface area contributed by atoms with Crippen molar-refractivity contribution in [2.45, 2.75) is 58.4 Å². The Labute approximate surface area is 113 Å². The maximum absolute atomic E-state index is 12.5. The van der Waals surface area contributed by atoms with E-state index in [0.717, 1.165) is 31.4 Å². The lowest BCUT2D eigenvalue weighted by molar-refractivity contribution is -0.136. The first-order valence-electron chi connectivity index (χ1n) is 6.98. The number of rotatable bonds is 4. The van der Waals surface area contributed by atoms with Crippen LogP contribution in [0.15, 0.2) is 10.9 Å². The molecule has 1 aliphatic carbocycles. The third kappa shape index (κ3) is 2.88. The Morgan fingerprint density at radius 3 is 2.68 bits per heavy atom. The molecule has 1 aliphatic rings. The monoisotopic (exact) mass is 263 g/mol.